The Morgan fingerprint density at radius 1 is 1.65 bits per heavy atom. The maximum absolute atomic E-state index is 8.56. The van der Waals surface area contributed by atoms with Crippen molar-refractivity contribution in [3.8, 4) is 11.9 Å². The van der Waals surface area contributed by atoms with Gasteiger partial charge in [-0.3, -0.25) is 5.32 Å². The van der Waals surface area contributed by atoms with Crippen LogP contribution in [0.5, 0.6) is 5.75 Å². The Hall–Kier alpha value is -0.650. The molecule has 0 spiro atoms. The molecule has 0 radical (unpaired) electrons. The molecule has 4 nitrogen and oxygen atoms in total. The number of hydrogen-bond donors (Lipinski definition) is 1. The molecule has 1 aromatic carbocycles. The first-order valence-corrected chi connectivity index (χ1v) is 7.11. The molecule has 0 bridgehead atoms. The number of methoxy groups -OCH3 is 1. The summed E-state index contributed by atoms with van der Waals surface area (Å²) in [6.45, 7) is 0. The van der Waals surface area contributed by atoms with E-state index in [4.69, 9.17) is 21.6 Å². The summed E-state index contributed by atoms with van der Waals surface area (Å²) in [5.74, 6) is 0.559. The second kappa shape index (κ2) is 6.93. The molecule has 0 unspecified atom stereocenters. The zero-order chi connectivity index (χ0) is 12.8. The van der Waals surface area contributed by atoms with Crippen molar-refractivity contribution in [3.05, 3.63) is 20.7 Å². The van der Waals surface area contributed by atoms with Crippen LogP contribution in [0.25, 0.3) is 0 Å². The number of amidine groups is 1. The fourth-order valence-electron chi connectivity index (χ4n) is 1.04. The highest BCUT2D eigenvalue weighted by Gasteiger charge is 2.07. The zero-order valence-corrected chi connectivity index (χ0v) is 12.9. The number of nitrogens with zero attached hydrogens (tertiary/aromatic N) is 2. The molecular weight excluding hydrogens is 373 g/mol. The second-order valence-electron chi connectivity index (χ2n) is 2.80. The van der Waals surface area contributed by atoms with E-state index < -0.39 is 0 Å². The van der Waals surface area contributed by atoms with Gasteiger partial charge in [-0.15, -0.1) is 0 Å². The molecule has 0 fully saturated rings. The van der Waals surface area contributed by atoms with Crippen molar-refractivity contribution in [1.82, 2.24) is 5.32 Å². The van der Waals surface area contributed by atoms with E-state index in [0.717, 1.165) is 3.57 Å². The molecule has 1 rings (SSSR count). The summed E-state index contributed by atoms with van der Waals surface area (Å²) < 4.78 is 6.01. The summed E-state index contributed by atoms with van der Waals surface area (Å²) in [6.07, 6.45) is 3.67. The van der Waals surface area contributed by atoms with Crippen LogP contribution in [0.3, 0.4) is 0 Å². The van der Waals surface area contributed by atoms with Crippen molar-refractivity contribution in [2.24, 2.45) is 4.99 Å². The first kappa shape index (κ1) is 14.4. The third-order valence-electron chi connectivity index (χ3n) is 1.80. The molecule has 0 aliphatic heterocycles. The Morgan fingerprint density at radius 2 is 2.35 bits per heavy atom. The summed E-state index contributed by atoms with van der Waals surface area (Å²) in [5.41, 5.74) is 0.707. The average molecular weight is 382 g/mol. The number of rotatable bonds is 2. The highest BCUT2D eigenvalue weighted by molar-refractivity contribution is 14.1. The summed E-state index contributed by atoms with van der Waals surface area (Å²) in [5, 5.41) is 12.1. The number of aliphatic imine (C=N–C) groups is 1. The Labute approximate surface area is 123 Å². The number of ether oxygens (including phenoxy) is 1. The van der Waals surface area contributed by atoms with Gasteiger partial charge < -0.3 is 4.74 Å². The minimum atomic E-state index is 0.523. The Balaban J connectivity index is 3.18. The van der Waals surface area contributed by atoms with Crippen LogP contribution in [0.2, 0.25) is 5.02 Å². The van der Waals surface area contributed by atoms with Crippen molar-refractivity contribution in [1.29, 1.82) is 5.26 Å². The van der Waals surface area contributed by atoms with Crippen molar-refractivity contribution >= 4 is 56.8 Å². The monoisotopic (exact) mass is 381 g/mol. The average Bonchev–Trinajstić information content (AvgIpc) is 2.31. The van der Waals surface area contributed by atoms with Gasteiger partial charge in [0.15, 0.2) is 11.4 Å². The minimum Gasteiger partial charge on any atom is -0.495 e. The lowest BCUT2D eigenvalue weighted by atomic mass is 10.3. The van der Waals surface area contributed by atoms with Crippen LogP contribution in [0, 0.1) is 15.0 Å². The van der Waals surface area contributed by atoms with E-state index >= 15 is 0 Å². The first-order valence-electron chi connectivity index (χ1n) is 4.43. The first-order chi connectivity index (χ1) is 8.12. The fraction of sp³-hybridized carbons (Fsp3) is 0.200. The maximum Gasteiger partial charge on any atom is 0.183 e. The van der Waals surface area contributed by atoms with Crippen LogP contribution in [-0.2, 0) is 0 Å². The molecule has 0 heterocycles. The van der Waals surface area contributed by atoms with E-state index in [1.165, 1.54) is 11.8 Å². The van der Waals surface area contributed by atoms with E-state index in [9.17, 15) is 0 Å². The largest absolute Gasteiger partial charge is 0.495 e. The molecule has 0 atom stereocenters. The maximum atomic E-state index is 8.56. The van der Waals surface area contributed by atoms with E-state index in [0.29, 0.717) is 21.6 Å². The summed E-state index contributed by atoms with van der Waals surface area (Å²) in [6, 6.07) is 3.50. The Kier molecular flexibility index (Phi) is 5.88. The number of nitrogens with one attached hydrogen (secondary N) is 1. The van der Waals surface area contributed by atoms with Crippen molar-refractivity contribution in [2.75, 3.05) is 13.4 Å². The highest BCUT2D eigenvalue weighted by Crippen LogP contribution is 2.33. The molecule has 0 aliphatic rings. The van der Waals surface area contributed by atoms with Gasteiger partial charge in [0.1, 0.15) is 5.75 Å². The lowest BCUT2D eigenvalue weighted by Gasteiger charge is -2.07. The second-order valence-corrected chi connectivity index (χ2v) is 5.16. The van der Waals surface area contributed by atoms with Crippen LogP contribution < -0.4 is 10.1 Å². The topological polar surface area (TPSA) is 57.4 Å². The Bertz CT molecular complexity index is 487. The van der Waals surface area contributed by atoms with Gasteiger partial charge in [0.2, 0.25) is 0 Å². The molecule has 0 saturated carbocycles. The van der Waals surface area contributed by atoms with Gasteiger partial charge in [-0.2, -0.15) is 5.26 Å². The quantitative estimate of drug-likeness (QED) is 0.280. The van der Waals surface area contributed by atoms with Gasteiger partial charge in [-0.25, -0.2) is 4.99 Å². The van der Waals surface area contributed by atoms with Gasteiger partial charge in [0, 0.05) is 9.64 Å². The predicted molar refractivity (Wildman–Crippen MR) is 80.1 cm³/mol. The van der Waals surface area contributed by atoms with Gasteiger partial charge >= 0.3 is 0 Å². The standard InChI is InChI=1S/C10H9ClIN3OS/c1-16-9-4-8(7(12)3-6(9)11)15-10(17-2)14-5-13/h3-4H,1-2H3,(H,14,15). The molecular formula is C10H9ClIN3OS. The number of nitriles is 1. The fourth-order valence-corrected chi connectivity index (χ4v) is 2.39. The third-order valence-corrected chi connectivity index (χ3v) is 3.54. The van der Waals surface area contributed by atoms with Gasteiger partial charge in [-0.1, -0.05) is 23.4 Å². The van der Waals surface area contributed by atoms with E-state index in [-0.39, 0.29) is 0 Å². The predicted octanol–water partition coefficient (Wildman–Crippen LogP) is 3.37. The molecule has 0 saturated heterocycles. The SMILES string of the molecule is COc1cc(N=C(NC#N)SC)c(I)cc1Cl. The van der Waals surface area contributed by atoms with Gasteiger partial charge in [0.05, 0.1) is 17.8 Å². The van der Waals surface area contributed by atoms with Crippen molar-refractivity contribution in [3.63, 3.8) is 0 Å². The van der Waals surface area contributed by atoms with E-state index in [1.807, 2.05) is 12.4 Å². The zero-order valence-electron chi connectivity index (χ0n) is 9.12. The normalized spacial score (nSPS) is 10.9. The summed E-state index contributed by atoms with van der Waals surface area (Å²) in [4.78, 5) is 4.32. The van der Waals surface area contributed by atoms with Crippen LogP contribution in [0.15, 0.2) is 17.1 Å². The lowest BCUT2D eigenvalue weighted by molar-refractivity contribution is 0.415. The van der Waals surface area contributed by atoms with Crippen LogP contribution >= 0.6 is 46.0 Å². The van der Waals surface area contributed by atoms with Crippen molar-refractivity contribution < 1.29 is 4.74 Å². The van der Waals surface area contributed by atoms with Crippen LogP contribution in [0.1, 0.15) is 0 Å². The van der Waals surface area contributed by atoms with Gasteiger partial charge in [-0.05, 0) is 34.9 Å². The molecule has 7 heteroatoms. The number of benzene rings is 1. The minimum absolute atomic E-state index is 0.523. The molecule has 0 aliphatic carbocycles. The smallest absolute Gasteiger partial charge is 0.183 e. The third kappa shape index (κ3) is 3.94. The van der Waals surface area contributed by atoms with Crippen LogP contribution in [0.4, 0.5) is 5.69 Å². The van der Waals surface area contributed by atoms with E-state index in [2.05, 4.69) is 32.9 Å². The molecule has 0 amide bonds. The van der Waals surface area contributed by atoms with Gasteiger partial charge in [0.25, 0.3) is 0 Å². The van der Waals surface area contributed by atoms with Crippen LogP contribution in [-0.4, -0.2) is 18.5 Å². The lowest BCUT2D eigenvalue weighted by Crippen LogP contribution is -2.12. The van der Waals surface area contributed by atoms with E-state index in [1.54, 1.807) is 19.2 Å². The molecule has 0 aromatic heterocycles. The molecule has 1 N–H and O–H groups in total. The Morgan fingerprint density at radius 3 is 2.88 bits per heavy atom. The summed E-state index contributed by atoms with van der Waals surface area (Å²) in [7, 11) is 1.55. The molecule has 90 valence electrons. The number of thioether (sulfide) groups is 1. The number of halogens is 2. The van der Waals surface area contributed by atoms with Crippen molar-refractivity contribution in [2.45, 2.75) is 0 Å². The number of hydrogen-bond acceptors (Lipinski definition) is 4. The summed E-state index contributed by atoms with van der Waals surface area (Å²) >= 11 is 9.47. The molecule has 17 heavy (non-hydrogen) atoms. The molecule has 1 aromatic rings. The highest BCUT2D eigenvalue weighted by atomic mass is 127.